The van der Waals surface area contributed by atoms with Crippen LogP contribution in [0, 0.1) is 6.92 Å². The largest absolute Gasteiger partial charge is 0.497 e. The Balaban J connectivity index is 1.48. The second-order valence-electron chi connectivity index (χ2n) is 8.17. The summed E-state index contributed by atoms with van der Waals surface area (Å²) in [4.78, 5) is 17.6. The Morgan fingerprint density at radius 3 is 2.44 bits per heavy atom. The fourth-order valence-corrected chi connectivity index (χ4v) is 4.28. The molecular weight excluding hydrogens is 404 g/mol. The van der Waals surface area contributed by atoms with Gasteiger partial charge in [0.05, 0.1) is 20.5 Å². The summed E-state index contributed by atoms with van der Waals surface area (Å²) in [5, 5.41) is 0. The molecule has 1 amide bonds. The van der Waals surface area contributed by atoms with Crippen molar-refractivity contribution in [3.63, 3.8) is 0 Å². The third kappa shape index (κ3) is 4.81. The van der Waals surface area contributed by atoms with Gasteiger partial charge in [-0.1, -0.05) is 23.8 Å². The number of furan rings is 1. The number of ether oxygens (including phenoxy) is 2. The van der Waals surface area contributed by atoms with Crippen molar-refractivity contribution in [2.45, 2.75) is 32.4 Å². The highest BCUT2D eigenvalue weighted by Gasteiger charge is 2.31. The summed E-state index contributed by atoms with van der Waals surface area (Å²) in [5.41, 5.74) is 3.21. The number of amides is 1. The van der Waals surface area contributed by atoms with E-state index in [1.165, 1.54) is 5.56 Å². The number of benzene rings is 2. The van der Waals surface area contributed by atoms with Crippen LogP contribution in [0.25, 0.3) is 0 Å². The van der Waals surface area contributed by atoms with Gasteiger partial charge in [0, 0.05) is 43.0 Å². The normalized spacial score (nSPS) is 14.8. The van der Waals surface area contributed by atoms with E-state index in [1.54, 1.807) is 32.6 Å². The van der Waals surface area contributed by atoms with E-state index in [4.69, 9.17) is 13.9 Å². The van der Waals surface area contributed by atoms with Gasteiger partial charge in [-0.05, 0) is 50.1 Å². The van der Waals surface area contributed by atoms with Gasteiger partial charge in [0.15, 0.2) is 5.76 Å². The summed E-state index contributed by atoms with van der Waals surface area (Å²) in [7, 11) is 3.34. The molecule has 4 rings (SSSR count). The van der Waals surface area contributed by atoms with E-state index in [0.29, 0.717) is 5.76 Å². The first-order valence-corrected chi connectivity index (χ1v) is 11.0. The third-order valence-corrected chi connectivity index (χ3v) is 6.07. The average molecular weight is 435 g/mol. The van der Waals surface area contributed by atoms with E-state index >= 15 is 0 Å². The minimum absolute atomic E-state index is 0.0888. The zero-order valence-corrected chi connectivity index (χ0v) is 18.9. The summed E-state index contributed by atoms with van der Waals surface area (Å²) in [5.74, 6) is 1.90. The zero-order chi connectivity index (χ0) is 22.5. The van der Waals surface area contributed by atoms with Crippen LogP contribution in [-0.2, 0) is 6.54 Å². The Labute approximate surface area is 189 Å². The van der Waals surface area contributed by atoms with Gasteiger partial charge >= 0.3 is 0 Å². The van der Waals surface area contributed by atoms with Crippen molar-refractivity contribution in [3.8, 4) is 11.5 Å². The van der Waals surface area contributed by atoms with E-state index < -0.39 is 0 Å². The predicted octanol–water partition coefficient (Wildman–Crippen LogP) is 4.92. The maximum absolute atomic E-state index is 13.3. The van der Waals surface area contributed by atoms with E-state index in [9.17, 15) is 4.79 Å². The molecule has 1 aliphatic heterocycles. The van der Waals surface area contributed by atoms with Crippen molar-refractivity contribution < 1.29 is 18.7 Å². The number of rotatable bonds is 7. The molecule has 0 aliphatic carbocycles. The Hall–Kier alpha value is -3.25. The number of carbonyl (C=O) groups is 1. The standard InChI is InChI=1S/C26H30N2O4/c1-19-6-9-21(10-7-19)28(26(29)24-5-4-16-32-24)22-12-14-27(15-13-22)18-20-8-11-23(30-2)17-25(20)31-3/h4-11,16-17,22H,12-15,18H2,1-3H3. The molecule has 0 radical (unpaired) electrons. The Bertz CT molecular complexity index is 1020. The van der Waals surface area contributed by atoms with Crippen molar-refractivity contribution in [1.82, 2.24) is 4.90 Å². The van der Waals surface area contributed by atoms with Crippen LogP contribution < -0.4 is 14.4 Å². The smallest absolute Gasteiger partial charge is 0.294 e. The number of aryl methyl sites for hydroxylation is 1. The van der Waals surface area contributed by atoms with Gasteiger partial charge in [-0.2, -0.15) is 0 Å². The summed E-state index contributed by atoms with van der Waals surface area (Å²) < 4.78 is 16.3. The number of methoxy groups -OCH3 is 2. The first-order chi connectivity index (χ1) is 15.6. The fourth-order valence-electron chi connectivity index (χ4n) is 4.28. The van der Waals surface area contributed by atoms with Crippen LogP contribution in [0.5, 0.6) is 11.5 Å². The second kappa shape index (κ2) is 9.92. The molecule has 1 fully saturated rings. The lowest BCUT2D eigenvalue weighted by atomic mass is 10.0. The van der Waals surface area contributed by atoms with Gasteiger partial charge in [-0.25, -0.2) is 0 Å². The summed E-state index contributed by atoms with van der Waals surface area (Å²) in [6.07, 6.45) is 3.32. The number of anilines is 1. The highest BCUT2D eigenvalue weighted by molar-refractivity contribution is 6.04. The van der Waals surface area contributed by atoms with Gasteiger partial charge in [-0.3, -0.25) is 9.69 Å². The molecule has 2 aromatic carbocycles. The number of likely N-dealkylation sites (tertiary alicyclic amines) is 1. The lowest BCUT2D eigenvalue weighted by Gasteiger charge is -2.38. The summed E-state index contributed by atoms with van der Waals surface area (Å²) in [6.45, 7) is 4.65. The maximum atomic E-state index is 13.3. The van der Waals surface area contributed by atoms with Crippen LogP contribution in [0.15, 0.2) is 65.3 Å². The molecule has 168 valence electrons. The monoisotopic (exact) mass is 434 g/mol. The molecule has 1 aromatic heterocycles. The number of piperidine rings is 1. The van der Waals surface area contributed by atoms with Crippen LogP contribution >= 0.6 is 0 Å². The predicted molar refractivity (Wildman–Crippen MR) is 125 cm³/mol. The molecule has 2 heterocycles. The number of nitrogens with zero attached hydrogens (tertiary/aromatic N) is 2. The van der Waals surface area contributed by atoms with Crippen LogP contribution in [0.4, 0.5) is 5.69 Å². The molecule has 1 aliphatic rings. The van der Waals surface area contributed by atoms with Crippen LogP contribution in [0.3, 0.4) is 0 Å². The van der Waals surface area contributed by atoms with Crippen molar-refractivity contribution >= 4 is 11.6 Å². The van der Waals surface area contributed by atoms with Crippen molar-refractivity contribution in [1.29, 1.82) is 0 Å². The first kappa shape index (κ1) is 22.0. The van der Waals surface area contributed by atoms with Crippen molar-refractivity contribution in [2.24, 2.45) is 0 Å². The molecule has 32 heavy (non-hydrogen) atoms. The maximum Gasteiger partial charge on any atom is 0.294 e. The van der Waals surface area contributed by atoms with E-state index in [-0.39, 0.29) is 11.9 Å². The van der Waals surface area contributed by atoms with Crippen molar-refractivity contribution in [2.75, 3.05) is 32.2 Å². The third-order valence-electron chi connectivity index (χ3n) is 6.07. The molecule has 6 heteroatoms. The minimum atomic E-state index is -0.0888. The lowest BCUT2D eigenvalue weighted by molar-refractivity contribution is 0.0931. The van der Waals surface area contributed by atoms with Gasteiger partial charge in [0.25, 0.3) is 5.91 Å². The molecule has 0 bridgehead atoms. The summed E-state index contributed by atoms with van der Waals surface area (Å²) in [6, 6.07) is 17.7. The topological polar surface area (TPSA) is 55.2 Å². The minimum Gasteiger partial charge on any atom is -0.497 e. The van der Waals surface area contributed by atoms with Crippen LogP contribution in [-0.4, -0.2) is 44.2 Å². The molecule has 3 aromatic rings. The number of hydrogen-bond donors (Lipinski definition) is 0. The molecular formula is C26H30N2O4. The van der Waals surface area contributed by atoms with Crippen LogP contribution in [0.2, 0.25) is 0 Å². The molecule has 0 spiro atoms. The average Bonchev–Trinajstić information content (AvgIpc) is 3.37. The molecule has 6 nitrogen and oxygen atoms in total. The van der Waals surface area contributed by atoms with Crippen molar-refractivity contribution in [3.05, 3.63) is 77.7 Å². The highest BCUT2D eigenvalue weighted by atomic mass is 16.5. The second-order valence-corrected chi connectivity index (χ2v) is 8.17. The summed E-state index contributed by atoms with van der Waals surface area (Å²) >= 11 is 0. The number of carbonyl (C=O) groups excluding carboxylic acids is 1. The molecule has 0 unspecified atom stereocenters. The molecule has 0 atom stereocenters. The fraction of sp³-hybridized carbons (Fsp3) is 0.346. The van der Waals surface area contributed by atoms with Gasteiger partial charge < -0.3 is 18.8 Å². The van der Waals surface area contributed by atoms with Gasteiger partial charge in [-0.15, -0.1) is 0 Å². The Kier molecular flexibility index (Phi) is 6.81. The Morgan fingerprint density at radius 2 is 1.81 bits per heavy atom. The van der Waals surface area contributed by atoms with E-state index in [0.717, 1.165) is 55.2 Å². The quantitative estimate of drug-likeness (QED) is 0.529. The first-order valence-electron chi connectivity index (χ1n) is 11.0. The van der Waals surface area contributed by atoms with Gasteiger partial charge in [0.2, 0.25) is 0 Å². The molecule has 0 saturated carbocycles. The molecule has 0 N–H and O–H groups in total. The van der Waals surface area contributed by atoms with E-state index in [2.05, 4.69) is 11.0 Å². The number of hydrogen-bond acceptors (Lipinski definition) is 5. The lowest BCUT2D eigenvalue weighted by Crippen LogP contribution is -2.47. The van der Waals surface area contributed by atoms with Crippen LogP contribution in [0.1, 0.15) is 34.5 Å². The molecule has 1 saturated heterocycles. The zero-order valence-electron chi connectivity index (χ0n) is 18.9. The van der Waals surface area contributed by atoms with E-state index in [1.807, 2.05) is 48.2 Å². The Morgan fingerprint density at radius 1 is 1.06 bits per heavy atom. The highest BCUT2D eigenvalue weighted by Crippen LogP contribution is 2.29. The SMILES string of the molecule is COc1ccc(CN2CCC(N(C(=O)c3ccco3)c3ccc(C)cc3)CC2)c(OC)c1. The van der Waals surface area contributed by atoms with Gasteiger partial charge in [0.1, 0.15) is 11.5 Å².